The van der Waals surface area contributed by atoms with E-state index in [0.29, 0.717) is 28.7 Å². The van der Waals surface area contributed by atoms with Crippen LogP contribution in [0.1, 0.15) is 5.56 Å². The van der Waals surface area contributed by atoms with Gasteiger partial charge in [0, 0.05) is 12.7 Å². The summed E-state index contributed by atoms with van der Waals surface area (Å²) in [5.74, 6) is -0.316. The lowest BCUT2D eigenvalue weighted by Gasteiger charge is -2.08. The summed E-state index contributed by atoms with van der Waals surface area (Å²) >= 11 is 12.0. The number of amides is 1. The van der Waals surface area contributed by atoms with Gasteiger partial charge in [0.05, 0.1) is 15.7 Å². The van der Waals surface area contributed by atoms with Crippen molar-refractivity contribution in [3.63, 3.8) is 0 Å². The fourth-order valence-corrected chi connectivity index (χ4v) is 2.51. The van der Waals surface area contributed by atoms with Crippen molar-refractivity contribution in [2.24, 2.45) is 0 Å². The van der Waals surface area contributed by atoms with Gasteiger partial charge in [0.25, 0.3) is 5.91 Å². The first kappa shape index (κ1) is 18.7. The van der Waals surface area contributed by atoms with E-state index in [-0.39, 0.29) is 11.3 Å². The van der Waals surface area contributed by atoms with E-state index in [4.69, 9.17) is 28.5 Å². The zero-order valence-corrected chi connectivity index (χ0v) is 14.6. The van der Waals surface area contributed by atoms with Crippen LogP contribution in [0.15, 0.2) is 54.2 Å². The van der Waals surface area contributed by atoms with Gasteiger partial charge in [-0.25, -0.2) is 0 Å². The number of hydrogen-bond donors (Lipinski definition) is 3. The molecule has 2 rings (SSSR count). The number of nitrogens with zero attached hydrogens (tertiary/aromatic N) is 1. The third-order valence-electron chi connectivity index (χ3n) is 3.32. The van der Waals surface area contributed by atoms with Gasteiger partial charge < -0.3 is 15.7 Å². The van der Waals surface area contributed by atoms with Crippen LogP contribution in [0.4, 0.5) is 5.69 Å². The molecular weight excluding hydrogens is 361 g/mol. The molecule has 0 spiro atoms. The number of nitriles is 1. The maximum Gasteiger partial charge on any atom is 0.263 e. The van der Waals surface area contributed by atoms with Crippen LogP contribution in [0, 0.1) is 11.3 Å². The van der Waals surface area contributed by atoms with E-state index in [1.165, 1.54) is 6.20 Å². The Morgan fingerprint density at radius 3 is 2.40 bits per heavy atom. The van der Waals surface area contributed by atoms with Crippen LogP contribution in [0.2, 0.25) is 10.0 Å². The first-order valence-corrected chi connectivity index (χ1v) is 8.14. The molecule has 5 nitrogen and oxygen atoms in total. The quantitative estimate of drug-likeness (QED) is 0.528. The monoisotopic (exact) mass is 375 g/mol. The van der Waals surface area contributed by atoms with Gasteiger partial charge in [-0.1, -0.05) is 41.4 Å². The van der Waals surface area contributed by atoms with Gasteiger partial charge >= 0.3 is 0 Å². The normalized spacial score (nSPS) is 10.8. The van der Waals surface area contributed by atoms with Crippen LogP contribution in [-0.4, -0.2) is 17.6 Å². The fraction of sp³-hybridized carbons (Fsp3) is 0.111. The Bertz CT molecular complexity index is 807. The SMILES string of the molecule is N#C/C(=C/Nc1c(Cl)cccc1Cl)C(=O)NCCc1ccc(O)cc1. The molecule has 0 saturated heterocycles. The molecule has 128 valence electrons. The molecule has 0 aliphatic heterocycles. The Hall–Kier alpha value is -2.68. The average molecular weight is 376 g/mol. The van der Waals surface area contributed by atoms with Crippen LogP contribution < -0.4 is 10.6 Å². The lowest BCUT2D eigenvalue weighted by molar-refractivity contribution is -0.117. The summed E-state index contributed by atoms with van der Waals surface area (Å²) in [5.41, 5.74) is 1.29. The molecule has 3 N–H and O–H groups in total. The van der Waals surface area contributed by atoms with E-state index < -0.39 is 5.91 Å². The van der Waals surface area contributed by atoms with Crippen LogP contribution in [0.5, 0.6) is 5.75 Å². The van der Waals surface area contributed by atoms with E-state index in [1.807, 2.05) is 6.07 Å². The van der Waals surface area contributed by atoms with Crippen molar-refractivity contribution in [2.45, 2.75) is 6.42 Å². The molecule has 25 heavy (non-hydrogen) atoms. The molecule has 0 bridgehead atoms. The van der Waals surface area contributed by atoms with Gasteiger partial charge in [-0.05, 0) is 36.2 Å². The minimum Gasteiger partial charge on any atom is -0.508 e. The molecule has 0 saturated carbocycles. The summed E-state index contributed by atoms with van der Waals surface area (Å²) in [6.45, 7) is 0.357. The van der Waals surface area contributed by atoms with Gasteiger partial charge in [0.2, 0.25) is 0 Å². The Labute approximate surface area is 155 Å². The second-order valence-corrected chi connectivity index (χ2v) is 5.90. The number of carbonyl (C=O) groups excluding carboxylic acids is 1. The van der Waals surface area contributed by atoms with E-state index >= 15 is 0 Å². The zero-order valence-electron chi connectivity index (χ0n) is 13.1. The maximum absolute atomic E-state index is 12.1. The molecule has 0 atom stereocenters. The van der Waals surface area contributed by atoms with Crippen LogP contribution in [-0.2, 0) is 11.2 Å². The molecule has 0 aromatic heterocycles. The lowest BCUT2D eigenvalue weighted by Crippen LogP contribution is -2.27. The summed E-state index contributed by atoms with van der Waals surface area (Å²) in [4.78, 5) is 12.1. The molecule has 0 unspecified atom stereocenters. The van der Waals surface area contributed by atoms with Gasteiger partial charge in [0.15, 0.2) is 0 Å². The van der Waals surface area contributed by atoms with Crippen molar-refractivity contribution in [1.29, 1.82) is 5.26 Å². The van der Waals surface area contributed by atoms with Crippen molar-refractivity contribution >= 4 is 34.8 Å². The first-order chi connectivity index (χ1) is 12.0. The molecule has 0 heterocycles. The molecular formula is C18H15Cl2N3O2. The number of phenols is 1. The molecule has 2 aromatic rings. The highest BCUT2D eigenvalue weighted by Crippen LogP contribution is 2.29. The predicted molar refractivity (Wildman–Crippen MR) is 98.6 cm³/mol. The van der Waals surface area contributed by atoms with Gasteiger partial charge in [-0.2, -0.15) is 5.26 Å². The number of aromatic hydroxyl groups is 1. The Balaban J connectivity index is 1.94. The lowest BCUT2D eigenvalue weighted by atomic mass is 10.1. The molecule has 1 amide bonds. The van der Waals surface area contributed by atoms with E-state index in [1.54, 1.807) is 42.5 Å². The molecule has 0 radical (unpaired) electrons. The Morgan fingerprint density at radius 2 is 1.80 bits per heavy atom. The highest BCUT2D eigenvalue weighted by molar-refractivity contribution is 6.39. The zero-order chi connectivity index (χ0) is 18.2. The third kappa shape index (κ3) is 5.42. The standard InChI is InChI=1S/C18H15Cl2N3O2/c19-15-2-1-3-16(20)17(15)23-11-13(10-21)18(25)22-9-8-12-4-6-14(24)7-5-12/h1-7,11,23-24H,8-9H2,(H,22,25)/b13-11-. The highest BCUT2D eigenvalue weighted by atomic mass is 35.5. The van der Waals surface area contributed by atoms with E-state index in [0.717, 1.165) is 5.56 Å². The maximum atomic E-state index is 12.1. The second-order valence-electron chi connectivity index (χ2n) is 5.08. The topological polar surface area (TPSA) is 85.2 Å². The predicted octanol–water partition coefficient (Wildman–Crippen LogP) is 3.88. The van der Waals surface area contributed by atoms with Crippen molar-refractivity contribution in [3.8, 4) is 11.8 Å². The summed E-state index contributed by atoms with van der Waals surface area (Å²) < 4.78 is 0. The number of carbonyl (C=O) groups is 1. The van der Waals surface area contributed by atoms with Crippen molar-refractivity contribution < 1.29 is 9.90 Å². The summed E-state index contributed by atoms with van der Waals surface area (Å²) in [6, 6.07) is 13.5. The molecule has 0 aliphatic rings. The molecule has 0 fully saturated rings. The highest BCUT2D eigenvalue weighted by Gasteiger charge is 2.10. The van der Waals surface area contributed by atoms with Crippen molar-refractivity contribution in [3.05, 3.63) is 69.8 Å². The molecule has 2 aromatic carbocycles. The van der Waals surface area contributed by atoms with Crippen LogP contribution >= 0.6 is 23.2 Å². The number of benzene rings is 2. The van der Waals surface area contributed by atoms with Gasteiger partial charge in [-0.15, -0.1) is 0 Å². The number of hydrogen-bond acceptors (Lipinski definition) is 4. The van der Waals surface area contributed by atoms with Gasteiger partial charge in [0.1, 0.15) is 17.4 Å². The van der Waals surface area contributed by atoms with Crippen molar-refractivity contribution in [1.82, 2.24) is 5.32 Å². The Kier molecular flexibility index (Phi) is 6.70. The molecule has 7 heteroatoms. The average Bonchev–Trinajstić information content (AvgIpc) is 2.59. The second kappa shape index (κ2) is 8.97. The number of rotatable bonds is 6. The Morgan fingerprint density at radius 1 is 1.16 bits per heavy atom. The first-order valence-electron chi connectivity index (χ1n) is 7.38. The van der Waals surface area contributed by atoms with Crippen LogP contribution in [0.3, 0.4) is 0 Å². The number of para-hydroxylation sites is 1. The third-order valence-corrected chi connectivity index (χ3v) is 3.95. The summed E-state index contributed by atoms with van der Waals surface area (Å²) in [7, 11) is 0. The minimum absolute atomic E-state index is 0.0957. The van der Waals surface area contributed by atoms with E-state index in [9.17, 15) is 9.90 Å². The number of nitrogens with one attached hydrogen (secondary N) is 2. The summed E-state index contributed by atoms with van der Waals surface area (Å²) in [5, 5.41) is 24.6. The number of phenolic OH excluding ortho intramolecular Hbond substituents is 1. The largest absolute Gasteiger partial charge is 0.508 e. The summed E-state index contributed by atoms with van der Waals surface area (Å²) in [6.07, 6.45) is 1.84. The minimum atomic E-state index is -0.503. The van der Waals surface area contributed by atoms with E-state index in [2.05, 4.69) is 10.6 Å². The van der Waals surface area contributed by atoms with Gasteiger partial charge in [-0.3, -0.25) is 4.79 Å². The molecule has 0 aliphatic carbocycles. The fourth-order valence-electron chi connectivity index (χ4n) is 2.01. The smallest absolute Gasteiger partial charge is 0.263 e. The van der Waals surface area contributed by atoms with Crippen LogP contribution in [0.25, 0.3) is 0 Å². The van der Waals surface area contributed by atoms with Crippen molar-refractivity contribution in [2.75, 3.05) is 11.9 Å². The number of anilines is 1. The number of halogens is 2.